The van der Waals surface area contributed by atoms with Gasteiger partial charge in [0.05, 0.1) is 0 Å². The first-order chi connectivity index (χ1) is 13.3. The average molecular weight is 449 g/mol. The molecule has 168 valence electrons. The summed E-state index contributed by atoms with van der Waals surface area (Å²) in [6, 6.07) is 10.4. The van der Waals surface area contributed by atoms with E-state index < -0.39 is 5.97 Å². The number of carboxylic acid groups (broad SMARTS) is 1. The molecule has 0 fully saturated rings. The number of carbonyl (C=O) groups is 2. The maximum atomic E-state index is 10.5. The molecule has 0 aliphatic heterocycles. The van der Waals surface area contributed by atoms with Crippen LogP contribution in [0.3, 0.4) is 0 Å². The topological polar surface area (TPSA) is 60.9 Å². The Morgan fingerprint density at radius 1 is 0.862 bits per heavy atom. The first-order valence-electron chi connectivity index (χ1n) is 10.1. The van der Waals surface area contributed by atoms with Gasteiger partial charge in [-0.2, -0.15) is 0 Å². The second kappa shape index (κ2) is 20.1. The summed E-state index contributed by atoms with van der Waals surface area (Å²) in [5, 5.41) is 8.09. The lowest BCUT2D eigenvalue weighted by atomic mass is 10.2. The molecule has 1 aromatic rings. The third-order valence-electron chi connectivity index (χ3n) is 4.20. The molecule has 1 N–H and O–H groups in total. The smallest absolute Gasteiger partial charge is 0.303 e. The van der Waals surface area contributed by atoms with Gasteiger partial charge in [-0.3, -0.25) is 9.59 Å². The number of carboxylic acids is 1. The predicted octanol–water partition coefficient (Wildman–Crippen LogP) is 5.06. The molecule has 0 heterocycles. The number of hydrogen-bond acceptors (Lipinski definition) is 4. The Morgan fingerprint density at radius 2 is 1.41 bits per heavy atom. The highest BCUT2D eigenvalue weighted by Crippen LogP contribution is 2.06. The number of benzene rings is 1. The molecular formula is C22H38Cl2N2O3. The van der Waals surface area contributed by atoms with Crippen molar-refractivity contribution in [1.82, 2.24) is 9.80 Å². The van der Waals surface area contributed by atoms with Crippen LogP contribution in [0.4, 0.5) is 0 Å². The highest BCUT2D eigenvalue weighted by molar-refractivity contribution is 6.63. The van der Waals surface area contributed by atoms with E-state index in [0.29, 0.717) is 12.8 Å². The Bertz CT molecular complexity index is 528. The minimum atomic E-state index is -0.685. The molecule has 0 aromatic heterocycles. The highest BCUT2D eigenvalue weighted by atomic mass is 35.5. The minimum Gasteiger partial charge on any atom is -0.481 e. The van der Waals surface area contributed by atoms with Gasteiger partial charge in [-0.05, 0) is 77.1 Å². The van der Waals surface area contributed by atoms with Crippen molar-refractivity contribution >= 4 is 35.2 Å². The van der Waals surface area contributed by atoms with Crippen molar-refractivity contribution in [2.75, 3.05) is 34.2 Å². The first-order valence-corrected chi connectivity index (χ1v) is 10.5. The fourth-order valence-corrected chi connectivity index (χ4v) is 2.81. The normalized spacial score (nSPS) is 10.3. The Labute approximate surface area is 187 Å². The minimum absolute atomic E-state index is 0. The van der Waals surface area contributed by atoms with Crippen molar-refractivity contribution in [1.29, 1.82) is 0 Å². The summed E-state index contributed by atoms with van der Waals surface area (Å²) in [5.74, 6) is -0.685. The van der Waals surface area contributed by atoms with Gasteiger partial charge in [0.15, 0.2) is 0 Å². The van der Waals surface area contributed by atoms with Gasteiger partial charge in [-0.25, -0.2) is 0 Å². The third kappa shape index (κ3) is 23.0. The molecule has 1 rings (SSSR count). The molecule has 29 heavy (non-hydrogen) atoms. The van der Waals surface area contributed by atoms with Crippen LogP contribution in [0.25, 0.3) is 0 Å². The molecule has 0 saturated heterocycles. The van der Waals surface area contributed by atoms with E-state index in [2.05, 4.69) is 41.1 Å². The van der Waals surface area contributed by atoms with Crippen molar-refractivity contribution in [3.8, 4) is 0 Å². The van der Waals surface area contributed by atoms with E-state index in [1.165, 1.54) is 5.56 Å². The Hall–Kier alpha value is -1.14. The number of carbonyl (C=O) groups excluding carboxylic acids is 1. The van der Waals surface area contributed by atoms with Gasteiger partial charge >= 0.3 is 5.97 Å². The van der Waals surface area contributed by atoms with E-state index in [0.717, 1.165) is 58.2 Å². The Morgan fingerprint density at radius 3 is 1.93 bits per heavy atom. The summed E-state index contributed by atoms with van der Waals surface area (Å²) in [5.41, 5.74) is 1.34. The van der Waals surface area contributed by atoms with Crippen LogP contribution in [0.1, 0.15) is 56.9 Å². The lowest BCUT2D eigenvalue weighted by Crippen LogP contribution is -2.18. The molecule has 0 amide bonds. The second-order valence-electron chi connectivity index (χ2n) is 7.40. The van der Waals surface area contributed by atoms with E-state index in [1.54, 1.807) is 0 Å². The monoisotopic (exact) mass is 448 g/mol. The molecule has 0 spiro atoms. The van der Waals surface area contributed by atoms with Gasteiger partial charge in [-0.1, -0.05) is 43.2 Å². The molecule has 0 unspecified atom stereocenters. The van der Waals surface area contributed by atoms with Crippen molar-refractivity contribution in [3.63, 3.8) is 0 Å². The molecule has 5 nitrogen and oxygen atoms in total. The van der Waals surface area contributed by atoms with Gasteiger partial charge in [0.2, 0.25) is 5.24 Å². The summed E-state index contributed by atoms with van der Waals surface area (Å²) < 4.78 is 0. The largest absolute Gasteiger partial charge is 0.481 e. The number of hydrogen-bond donors (Lipinski definition) is 1. The summed E-state index contributed by atoms with van der Waals surface area (Å²) in [7, 11) is 6.17. The van der Waals surface area contributed by atoms with Crippen LogP contribution in [-0.4, -0.2) is 60.4 Å². The van der Waals surface area contributed by atoms with Gasteiger partial charge < -0.3 is 14.9 Å². The average Bonchev–Trinajstić information content (AvgIpc) is 2.62. The quantitative estimate of drug-likeness (QED) is 0.318. The van der Waals surface area contributed by atoms with Gasteiger partial charge in [-0.15, -0.1) is 12.4 Å². The third-order valence-corrected chi connectivity index (χ3v) is 4.39. The van der Waals surface area contributed by atoms with Crippen LogP contribution in [0.2, 0.25) is 0 Å². The van der Waals surface area contributed by atoms with Gasteiger partial charge in [0.1, 0.15) is 0 Å². The summed E-state index contributed by atoms with van der Waals surface area (Å²) in [6.45, 7) is 3.10. The van der Waals surface area contributed by atoms with Crippen molar-refractivity contribution in [2.24, 2.45) is 0 Å². The SMILES string of the molecule is CN(C)CCCCCC(=O)O.CN(CCCCCC(=O)Cl)Cc1ccccc1.Cl. The Kier molecular flexibility index (Phi) is 20.9. The number of rotatable bonds is 14. The van der Waals surface area contributed by atoms with E-state index >= 15 is 0 Å². The van der Waals surface area contributed by atoms with Gasteiger partial charge in [0.25, 0.3) is 0 Å². The van der Waals surface area contributed by atoms with Crippen LogP contribution in [0, 0.1) is 0 Å². The number of nitrogens with zero attached hydrogens (tertiary/aromatic N) is 2. The van der Waals surface area contributed by atoms with Crippen LogP contribution < -0.4 is 0 Å². The van der Waals surface area contributed by atoms with E-state index in [4.69, 9.17) is 16.7 Å². The molecule has 7 heteroatoms. The highest BCUT2D eigenvalue weighted by Gasteiger charge is 2.01. The molecule has 1 aromatic carbocycles. The van der Waals surface area contributed by atoms with E-state index in [1.807, 2.05) is 20.2 Å². The maximum Gasteiger partial charge on any atom is 0.303 e. The zero-order valence-corrected chi connectivity index (χ0v) is 19.7. The second-order valence-corrected chi connectivity index (χ2v) is 7.82. The molecule has 0 atom stereocenters. The lowest BCUT2D eigenvalue weighted by Gasteiger charge is -2.16. The number of halogens is 2. The van der Waals surface area contributed by atoms with Crippen molar-refractivity contribution in [3.05, 3.63) is 35.9 Å². The first kappa shape index (κ1) is 30.1. The molecular weight excluding hydrogens is 411 g/mol. The standard InChI is InChI=1S/C14H20ClNO.C8H17NO2.ClH/c1-16(11-7-3-6-10-14(15)17)12-13-8-4-2-5-9-13;1-9(2)7-5-3-4-6-8(10)11;/h2,4-5,8-9H,3,6-7,10-12H2,1H3;3-7H2,1-2H3,(H,10,11);1H. The summed E-state index contributed by atoms with van der Waals surface area (Å²) in [4.78, 5) is 25.0. The van der Waals surface area contributed by atoms with E-state index in [-0.39, 0.29) is 17.6 Å². The summed E-state index contributed by atoms with van der Waals surface area (Å²) in [6.07, 6.45) is 6.83. The molecule has 0 saturated carbocycles. The number of unbranched alkanes of at least 4 members (excludes halogenated alkanes) is 4. The number of aliphatic carboxylic acids is 1. The van der Waals surface area contributed by atoms with Crippen molar-refractivity contribution < 1.29 is 14.7 Å². The van der Waals surface area contributed by atoms with Crippen LogP contribution in [0.15, 0.2) is 30.3 Å². The van der Waals surface area contributed by atoms with Gasteiger partial charge in [0, 0.05) is 19.4 Å². The molecule has 0 radical (unpaired) electrons. The zero-order chi connectivity index (χ0) is 21.2. The lowest BCUT2D eigenvalue weighted by molar-refractivity contribution is -0.137. The van der Waals surface area contributed by atoms with Crippen LogP contribution >= 0.6 is 24.0 Å². The molecule has 0 aliphatic carbocycles. The molecule has 0 aliphatic rings. The Balaban J connectivity index is 0. The van der Waals surface area contributed by atoms with Crippen molar-refractivity contribution in [2.45, 2.75) is 57.9 Å². The van der Waals surface area contributed by atoms with Crippen LogP contribution in [-0.2, 0) is 16.1 Å². The maximum absolute atomic E-state index is 10.5. The zero-order valence-electron chi connectivity index (χ0n) is 18.1. The molecule has 0 bridgehead atoms. The van der Waals surface area contributed by atoms with E-state index in [9.17, 15) is 9.59 Å². The summed E-state index contributed by atoms with van der Waals surface area (Å²) >= 11 is 5.28. The van der Waals surface area contributed by atoms with Crippen LogP contribution in [0.5, 0.6) is 0 Å². The fourth-order valence-electron chi connectivity index (χ4n) is 2.68. The predicted molar refractivity (Wildman–Crippen MR) is 124 cm³/mol. The fraction of sp³-hybridized carbons (Fsp3) is 0.636.